The summed E-state index contributed by atoms with van der Waals surface area (Å²) in [5, 5.41) is 12.4. The van der Waals surface area contributed by atoms with Gasteiger partial charge in [0.1, 0.15) is 5.75 Å². The summed E-state index contributed by atoms with van der Waals surface area (Å²) in [6, 6.07) is 4.61. The van der Waals surface area contributed by atoms with Crippen LogP contribution in [0.1, 0.15) is 29.6 Å². The first kappa shape index (κ1) is 14.6. The smallest absolute Gasteiger partial charge is 0.406 e. The van der Waals surface area contributed by atoms with Crippen LogP contribution in [0.4, 0.5) is 13.2 Å². The first-order chi connectivity index (χ1) is 9.27. The van der Waals surface area contributed by atoms with Gasteiger partial charge < -0.3 is 15.2 Å². The van der Waals surface area contributed by atoms with Gasteiger partial charge in [-0.05, 0) is 43.5 Å². The van der Waals surface area contributed by atoms with Crippen molar-refractivity contribution in [2.75, 3.05) is 6.54 Å². The molecule has 1 amide bonds. The zero-order valence-electron chi connectivity index (χ0n) is 10.5. The molecule has 0 unspecified atom stereocenters. The second-order valence-corrected chi connectivity index (χ2v) is 4.83. The van der Waals surface area contributed by atoms with E-state index in [1.54, 1.807) is 0 Å². The fraction of sp³-hybridized carbons (Fsp3) is 0.462. The minimum absolute atomic E-state index is 0.145. The van der Waals surface area contributed by atoms with Gasteiger partial charge in [-0.2, -0.15) is 0 Å². The van der Waals surface area contributed by atoms with Crippen molar-refractivity contribution in [1.82, 2.24) is 5.32 Å². The minimum atomic E-state index is -4.75. The summed E-state index contributed by atoms with van der Waals surface area (Å²) < 4.78 is 39.6. The minimum Gasteiger partial charge on any atom is -0.406 e. The van der Waals surface area contributed by atoms with Crippen LogP contribution in [-0.4, -0.2) is 29.5 Å². The lowest BCUT2D eigenvalue weighted by Crippen LogP contribution is -2.47. The van der Waals surface area contributed by atoms with Crippen LogP contribution in [0, 0.1) is 0 Å². The van der Waals surface area contributed by atoms with E-state index in [0.717, 1.165) is 18.6 Å². The number of aliphatic hydroxyl groups is 1. The molecule has 0 heterocycles. The predicted molar refractivity (Wildman–Crippen MR) is 64.3 cm³/mol. The van der Waals surface area contributed by atoms with Crippen molar-refractivity contribution in [2.45, 2.75) is 31.2 Å². The number of benzene rings is 1. The Balaban J connectivity index is 1.90. The molecule has 1 saturated carbocycles. The highest BCUT2D eigenvalue weighted by atomic mass is 19.4. The van der Waals surface area contributed by atoms with Crippen molar-refractivity contribution in [1.29, 1.82) is 0 Å². The largest absolute Gasteiger partial charge is 0.573 e. The standard InChI is InChI=1S/C13H14F3NO3/c14-13(15,16)20-10-4-2-9(3-5-10)11(18)17-8-12(19)6-1-7-12/h2-5,19H,1,6-8H2,(H,17,18). The van der Waals surface area contributed by atoms with E-state index in [0.29, 0.717) is 12.8 Å². The summed E-state index contributed by atoms with van der Waals surface area (Å²) in [5.41, 5.74) is -0.628. The third kappa shape index (κ3) is 3.86. The molecule has 1 fully saturated rings. The number of alkyl halides is 3. The number of hydrogen-bond acceptors (Lipinski definition) is 3. The molecule has 2 rings (SSSR count). The molecule has 110 valence electrons. The first-order valence-electron chi connectivity index (χ1n) is 6.14. The molecule has 0 spiro atoms. The van der Waals surface area contributed by atoms with Gasteiger partial charge in [-0.3, -0.25) is 4.79 Å². The first-order valence-corrected chi connectivity index (χ1v) is 6.14. The highest BCUT2D eigenvalue weighted by Crippen LogP contribution is 2.30. The van der Waals surface area contributed by atoms with E-state index < -0.39 is 17.9 Å². The predicted octanol–water partition coefficient (Wildman–Crippen LogP) is 2.23. The van der Waals surface area contributed by atoms with E-state index in [1.807, 2.05) is 0 Å². The SMILES string of the molecule is O=C(NCC1(O)CCC1)c1ccc(OC(F)(F)F)cc1. The number of carbonyl (C=O) groups excluding carboxylic acids is 1. The average molecular weight is 289 g/mol. The summed E-state index contributed by atoms with van der Waals surface area (Å²) in [6.45, 7) is 0.145. The summed E-state index contributed by atoms with van der Waals surface area (Å²) in [5.74, 6) is -0.824. The Morgan fingerprint density at radius 3 is 2.35 bits per heavy atom. The van der Waals surface area contributed by atoms with E-state index in [-0.39, 0.29) is 17.9 Å². The lowest BCUT2D eigenvalue weighted by Gasteiger charge is -2.36. The molecule has 20 heavy (non-hydrogen) atoms. The Morgan fingerprint density at radius 1 is 1.30 bits per heavy atom. The van der Waals surface area contributed by atoms with Crippen molar-refractivity contribution < 1.29 is 27.8 Å². The van der Waals surface area contributed by atoms with Crippen LogP contribution in [0.25, 0.3) is 0 Å². The Morgan fingerprint density at radius 2 is 1.90 bits per heavy atom. The van der Waals surface area contributed by atoms with E-state index in [1.165, 1.54) is 12.1 Å². The van der Waals surface area contributed by atoms with Crippen molar-refractivity contribution in [3.05, 3.63) is 29.8 Å². The maximum Gasteiger partial charge on any atom is 0.573 e. The molecule has 1 aromatic rings. The van der Waals surface area contributed by atoms with Crippen molar-refractivity contribution in [3.63, 3.8) is 0 Å². The molecule has 0 atom stereocenters. The Hall–Kier alpha value is -1.76. The second-order valence-electron chi connectivity index (χ2n) is 4.83. The lowest BCUT2D eigenvalue weighted by atomic mass is 9.80. The topological polar surface area (TPSA) is 58.6 Å². The number of carbonyl (C=O) groups is 1. The van der Waals surface area contributed by atoms with E-state index in [4.69, 9.17) is 0 Å². The molecule has 2 N–H and O–H groups in total. The summed E-state index contributed by atoms with van der Waals surface area (Å²) >= 11 is 0. The van der Waals surface area contributed by atoms with Crippen LogP contribution >= 0.6 is 0 Å². The molecular formula is C13H14F3NO3. The lowest BCUT2D eigenvalue weighted by molar-refractivity contribution is -0.274. The van der Waals surface area contributed by atoms with Crippen molar-refractivity contribution in [2.24, 2.45) is 0 Å². The molecule has 0 saturated heterocycles. The molecule has 0 radical (unpaired) electrons. The molecule has 4 nitrogen and oxygen atoms in total. The highest BCUT2D eigenvalue weighted by molar-refractivity contribution is 5.94. The van der Waals surface area contributed by atoms with Crippen molar-refractivity contribution in [3.8, 4) is 5.75 Å². The second kappa shape index (κ2) is 5.32. The Bertz CT molecular complexity index is 481. The third-order valence-corrected chi connectivity index (χ3v) is 3.21. The average Bonchev–Trinajstić information content (AvgIpc) is 2.32. The summed E-state index contributed by atoms with van der Waals surface area (Å²) in [6.07, 6.45) is -2.54. The van der Waals surface area contributed by atoms with Gasteiger partial charge >= 0.3 is 6.36 Å². The number of nitrogens with one attached hydrogen (secondary N) is 1. The molecule has 1 aliphatic carbocycles. The molecule has 0 aliphatic heterocycles. The van der Waals surface area contributed by atoms with Crippen LogP contribution < -0.4 is 10.1 Å². The van der Waals surface area contributed by atoms with Gasteiger partial charge in [-0.1, -0.05) is 0 Å². The van der Waals surface area contributed by atoms with Gasteiger partial charge in [0.25, 0.3) is 5.91 Å². The zero-order valence-corrected chi connectivity index (χ0v) is 10.5. The molecular weight excluding hydrogens is 275 g/mol. The number of hydrogen-bond donors (Lipinski definition) is 2. The number of ether oxygens (including phenoxy) is 1. The monoisotopic (exact) mass is 289 g/mol. The van der Waals surface area contributed by atoms with E-state index >= 15 is 0 Å². The van der Waals surface area contributed by atoms with Crippen LogP contribution in [0.5, 0.6) is 5.75 Å². The van der Waals surface area contributed by atoms with Crippen LogP contribution in [0.2, 0.25) is 0 Å². The summed E-state index contributed by atoms with van der Waals surface area (Å²) in [7, 11) is 0. The van der Waals surface area contributed by atoms with Crippen molar-refractivity contribution >= 4 is 5.91 Å². The normalized spacial score (nSPS) is 17.2. The number of amides is 1. The molecule has 0 aromatic heterocycles. The van der Waals surface area contributed by atoms with E-state index in [2.05, 4.69) is 10.1 Å². The molecule has 1 aliphatic rings. The van der Waals surface area contributed by atoms with Crippen LogP contribution in [-0.2, 0) is 0 Å². The van der Waals surface area contributed by atoms with Gasteiger partial charge in [-0.15, -0.1) is 13.2 Å². The van der Waals surface area contributed by atoms with Gasteiger partial charge in [0.15, 0.2) is 0 Å². The van der Waals surface area contributed by atoms with Gasteiger partial charge in [0.05, 0.1) is 5.60 Å². The van der Waals surface area contributed by atoms with E-state index in [9.17, 15) is 23.1 Å². The molecule has 0 bridgehead atoms. The van der Waals surface area contributed by atoms with Gasteiger partial charge in [0, 0.05) is 12.1 Å². The Kier molecular flexibility index (Phi) is 3.89. The number of rotatable bonds is 4. The van der Waals surface area contributed by atoms with Gasteiger partial charge in [-0.25, -0.2) is 0 Å². The quantitative estimate of drug-likeness (QED) is 0.893. The number of halogens is 3. The fourth-order valence-electron chi connectivity index (χ4n) is 1.92. The zero-order chi connectivity index (χ0) is 14.8. The Labute approximate surface area is 113 Å². The van der Waals surface area contributed by atoms with Gasteiger partial charge in [0.2, 0.25) is 0 Å². The molecule has 1 aromatic carbocycles. The maximum absolute atomic E-state index is 12.0. The van der Waals surface area contributed by atoms with Crippen LogP contribution in [0.3, 0.4) is 0 Å². The molecule has 7 heteroatoms. The summed E-state index contributed by atoms with van der Waals surface area (Å²) in [4.78, 5) is 11.7. The highest BCUT2D eigenvalue weighted by Gasteiger charge is 2.34. The fourth-order valence-corrected chi connectivity index (χ4v) is 1.92. The third-order valence-electron chi connectivity index (χ3n) is 3.21. The maximum atomic E-state index is 12.0. The van der Waals surface area contributed by atoms with Crippen LogP contribution in [0.15, 0.2) is 24.3 Å².